The predicted octanol–water partition coefficient (Wildman–Crippen LogP) is 4.25. The van der Waals surface area contributed by atoms with Crippen molar-refractivity contribution in [1.82, 2.24) is 10.1 Å². The Balaban J connectivity index is 1.83. The monoisotopic (exact) mass is 403 g/mol. The molecule has 0 saturated carbocycles. The summed E-state index contributed by atoms with van der Waals surface area (Å²) in [4.78, 5) is 24.7. The van der Waals surface area contributed by atoms with E-state index in [1.165, 1.54) is 12.1 Å². The Hall–Kier alpha value is -3.10. The molecule has 1 aromatic carbocycles. The first kappa shape index (κ1) is 20.6. The van der Waals surface area contributed by atoms with Crippen LogP contribution in [0.5, 0.6) is 5.75 Å². The van der Waals surface area contributed by atoms with Gasteiger partial charge in [0.2, 0.25) is 0 Å². The third-order valence-corrected chi connectivity index (χ3v) is 4.57. The highest BCUT2D eigenvalue weighted by Gasteiger charge is 2.32. The Kier molecular flexibility index (Phi) is 5.50. The normalized spacial score (nSPS) is 16.7. The molecule has 1 aliphatic heterocycles. The number of likely N-dealkylation sites (tertiary alicyclic amines) is 1. The number of amides is 1. The first-order chi connectivity index (χ1) is 13.5. The molecule has 2 heterocycles. The second-order valence-electron chi connectivity index (χ2n) is 8.09. The van der Waals surface area contributed by atoms with Gasteiger partial charge in [0.15, 0.2) is 0 Å². The van der Waals surface area contributed by atoms with Gasteiger partial charge in [0.1, 0.15) is 23.2 Å². The summed E-state index contributed by atoms with van der Waals surface area (Å²) in [6, 6.07) is 4.44. The average molecular weight is 403 g/mol. The zero-order chi connectivity index (χ0) is 21.3. The van der Waals surface area contributed by atoms with Crippen LogP contribution in [0, 0.1) is 24.0 Å². The number of hydrogen-bond donors (Lipinski definition) is 0. The van der Waals surface area contributed by atoms with Crippen molar-refractivity contribution < 1.29 is 23.7 Å². The van der Waals surface area contributed by atoms with E-state index >= 15 is 0 Å². The quantitative estimate of drug-likeness (QED) is 0.554. The van der Waals surface area contributed by atoms with Crippen molar-refractivity contribution in [2.45, 2.75) is 52.7 Å². The number of carbonyl (C=O) groups excluding carboxylic acids is 1. The Morgan fingerprint density at radius 2 is 2.07 bits per heavy atom. The number of benzene rings is 1. The summed E-state index contributed by atoms with van der Waals surface area (Å²) in [6.45, 7) is 9.89. The van der Waals surface area contributed by atoms with E-state index in [0.29, 0.717) is 47.8 Å². The molecule has 0 spiro atoms. The Bertz CT molecular complexity index is 911. The molecule has 0 bridgehead atoms. The van der Waals surface area contributed by atoms with Crippen LogP contribution in [0.25, 0.3) is 11.1 Å². The molecular weight excluding hydrogens is 378 g/mol. The molecule has 0 aliphatic carbocycles. The zero-order valence-electron chi connectivity index (χ0n) is 17.2. The molecule has 1 fully saturated rings. The summed E-state index contributed by atoms with van der Waals surface area (Å²) in [7, 11) is 0. The minimum absolute atomic E-state index is 0.0471. The molecule has 0 N–H and O–H groups in total. The molecule has 1 amide bonds. The number of nitrogens with zero attached hydrogens (tertiary/aromatic N) is 3. The average Bonchev–Trinajstić information content (AvgIpc) is 3.21. The van der Waals surface area contributed by atoms with E-state index in [1.807, 2.05) is 20.8 Å². The molecule has 2 aromatic rings. The summed E-state index contributed by atoms with van der Waals surface area (Å²) in [5, 5.41) is 15.2. The second kappa shape index (κ2) is 7.73. The predicted molar refractivity (Wildman–Crippen MR) is 105 cm³/mol. The van der Waals surface area contributed by atoms with Gasteiger partial charge in [0.25, 0.3) is 5.69 Å². The Morgan fingerprint density at radius 3 is 2.66 bits per heavy atom. The minimum Gasteiger partial charge on any atom is -0.488 e. The molecule has 1 aromatic heterocycles. The van der Waals surface area contributed by atoms with Crippen molar-refractivity contribution in [3.05, 3.63) is 39.8 Å². The number of hydrogen-bond acceptors (Lipinski definition) is 7. The summed E-state index contributed by atoms with van der Waals surface area (Å²) in [6.07, 6.45) is 0.0125. The molecule has 29 heavy (non-hydrogen) atoms. The highest BCUT2D eigenvalue weighted by Crippen LogP contribution is 2.38. The molecule has 9 nitrogen and oxygen atoms in total. The molecular formula is C20H25N3O6. The number of nitro groups is 1. The first-order valence-corrected chi connectivity index (χ1v) is 9.41. The first-order valence-electron chi connectivity index (χ1n) is 9.41. The molecule has 1 aliphatic rings. The van der Waals surface area contributed by atoms with Gasteiger partial charge in [-0.05, 0) is 40.7 Å². The van der Waals surface area contributed by atoms with E-state index in [-0.39, 0.29) is 17.9 Å². The van der Waals surface area contributed by atoms with Crippen LogP contribution < -0.4 is 4.74 Å². The van der Waals surface area contributed by atoms with E-state index in [2.05, 4.69) is 5.16 Å². The van der Waals surface area contributed by atoms with Gasteiger partial charge in [0.05, 0.1) is 22.7 Å². The van der Waals surface area contributed by atoms with Crippen molar-refractivity contribution >= 4 is 11.8 Å². The van der Waals surface area contributed by atoms with Crippen molar-refractivity contribution in [3.8, 4) is 16.9 Å². The number of aryl methyl sites for hydroxylation is 2. The van der Waals surface area contributed by atoms with E-state index in [1.54, 1.807) is 24.8 Å². The maximum Gasteiger partial charge on any atom is 0.410 e. The van der Waals surface area contributed by atoms with Gasteiger partial charge >= 0.3 is 6.09 Å². The standard InChI is InChI=1S/C20H25N3O6/c1-12-18(13(2)29-21-12)16-10-14(23(25)26)6-7-17(16)27-15-8-9-22(11-15)19(24)28-20(3,4)5/h6-7,10,15H,8-9,11H2,1-5H3/t15-/m1/s1. The molecule has 1 saturated heterocycles. The summed E-state index contributed by atoms with van der Waals surface area (Å²) < 4.78 is 16.8. The van der Waals surface area contributed by atoms with Crippen molar-refractivity contribution in [3.63, 3.8) is 0 Å². The van der Waals surface area contributed by atoms with Crippen molar-refractivity contribution in [2.75, 3.05) is 13.1 Å². The largest absolute Gasteiger partial charge is 0.488 e. The maximum absolute atomic E-state index is 12.3. The van der Waals surface area contributed by atoms with E-state index in [0.717, 1.165) is 0 Å². The van der Waals surface area contributed by atoms with Crippen LogP contribution in [0.1, 0.15) is 38.6 Å². The Labute approximate surface area is 168 Å². The third-order valence-electron chi connectivity index (χ3n) is 4.57. The SMILES string of the molecule is Cc1noc(C)c1-c1cc([N+](=O)[O-])ccc1O[C@@H]1CCN(C(=O)OC(C)(C)C)C1. The van der Waals surface area contributed by atoms with Crippen LogP contribution in [0.4, 0.5) is 10.5 Å². The lowest BCUT2D eigenvalue weighted by Gasteiger charge is -2.24. The smallest absolute Gasteiger partial charge is 0.410 e. The molecule has 0 radical (unpaired) electrons. The number of non-ortho nitro benzene ring substituents is 1. The van der Waals surface area contributed by atoms with Crippen molar-refractivity contribution in [1.29, 1.82) is 0 Å². The lowest BCUT2D eigenvalue weighted by Crippen LogP contribution is -2.36. The molecule has 156 valence electrons. The fraction of sp³-hybridized carbons (Fsp3) is 0.500. The molecule has 3 rings (SSSR count). The number of ether oxygens (including phenoxy) is 2. The van der Waals surface area contributed by atoms with Crippen LogP contribution >= 0.6 is 0 Å². The van der Waals surface area contributed by atoms with Gasteiger partial charge < -0.3 is 18.9 Å². The molecule has 9 heteroatoms. The number of rotatable bonds is 4. The van der Waals surface area contributed by atoms with E-state index in [4.69, 9.17) is 14.0 Å². The molecule has 0 unspecified atom stereocenters. The van der Waals surface area contributed by atoms with Crippen LogP contribution in [-0.2, 0) is 4.74 Å². The van der Waals surface area contributed by atoms with E-state index in [9.17, 15) is 14.9 Å². The van der Waals surface area contributed by atoms with Gasteiger partial charge in [-0.2, -0.15) is 0 Å². The lowest BCUT2D eigenvalue weighted by atomic mass is 10.0. The second-order valence-corrected chi connectivity index (χ2v) is 8.09. The fourth-order valence-corrected chi connectivity index (χ4v) is 3.29. The van der Waals surface area contributed by atoms with Crippen molar-refractivity contribution in [2.24, 2.45) is 0 Å². The van der Waals surface area contributed by atoms with Gasteiger partial charge in [-0.3, -0.25) is 10.1 Å². The van der Waals surface area contributed by atoms with Gasteiger partial charge in [-0.1, -0.05) is 5.16 Å². The van der Waals surface area contributed by atoms with E-state index < -0.39 is 10.5 Å². The lowest BCUT2D eigenvalue weighted by molar-refractivity contribution is -0.384. The highest BCUT2D eigenvalue weighted by atomic mass is 16.6. The van der Waals surface area contributed by atoms with Crippen LogP contribution in [0.2, 0.25) is 0 Å². The zero-order valence-corrected chi connectivity index (χ0v) is 17.2. The number of aromatic nitrogens is 1. The van der Waals surface area contributed by atoms with Crippen LogP contribution in [-0.4, -0.2) is 45.9 Å². The number of nitro benzene ring substituents is 1. The highest BCUT2D eigenvalue weighted by molar-refractivity contribution is 5.76. The summed E-state index contributed by atoms with van der Waals surface area (Å²) >= 11 is 0. The minimum atomic E-state index is -0.565. The fourth-order valence-electron chi connectivity index (χ4n) is 3.29. The van der Waals surface area contributed by atoms with Gasteiger partial charge in [-0.15, -0.1) is 0 Å². The van der Waals surface area contributed by atoms with Crippen LogP contribution in [0.3, 0.4) is 0 Å². The van der Waals surface area contributed by atoms with Gasteiger partial charge in [-0.25, -0.2) is 4.79 Å². The summed E-state index contributed by atoms with van der Waals surface area (Å²) in [5.41, 5.74) is 1.23. The summed E-state index contributed by atoms with van der Waals surface area (Å²) in [5.74, 6) is 1.04. The van der Waals surface area contributed by atoms with Gasteiger partial charge in [0, 0.05) is 30.7 Å². The van der Waals surface area contributed by atoms with Crippen LogP contribution in [0.15, 0.2) is 22.7 Å². The third kappa shape index (κ3) is 4.67. The topological polar surface area (TPSA) is 108 Å². The number of carbonyl (C=O) groups is 1. The molecule has 1 atom stereocenters. The Morgan fingerprint density at radius 1 is 1.34 bits per heavy atom. The maximum atomic E-state index is 12.3.